The lowest BCUT2D eigenvalue weighted by Gasteiger charge is -2.25. The second-order valence-corrected chi connectivity index (χ2v) is 7.20. The van der Waals surface area contributed by atoms with Crippen molar-refractivity contribution in [3.8, 4) is 0 Å². The number of hydrazine groups is 1. The minimum Gasteiger partial charge on any atom is -0.477 e. The predicted molar refractivity (Wildman–Crippen MR) is 111 cm³/mol. The van der Waals surface area contributed by atoms with Crippen molar-refractivity contribution in [2.24, 2.45) is 9.98 Å². The Balaban J connectivity index is 1.55. The maximum Gasteiger partial charge on any atom is 0.354 e. The Hall–Kier alpha value is -3.79. The Morgan fingerprint density at radius 2 is 2.23 bits per heavy atom. The smallest absolute Gasteiger partial charge is 0.354 e. The molecule has 0 aromatic heterocycles. The highest BCUT2D eigenvalue weighted by molar-refractivity contribution is 6.43. The third kappa shape index (κ3) is 3.73. The van der Waals surface area contributed by atoms with E-state index in [-0.39, 0.29) is 36.7 Å². The van der Waals surface area contributed by atoms with E-state index in [9.17, 15) is 19.5 Å². The minimum absolute atomic E-state index is 0.110. The second kappa shape index (κ2) is 8.15. The van der Waals surface area contributed by atoms with Gasteiger partial charge < -0.3 is 15.2 Å². The summed E-state index contributed by atoms with van der Waals surface area (Å²) < 4.78 is 5.14. The molecule has 3 aliphatic rings. The maximum atomic E-state index is 13.0. The van der Waals surface area contributed by atoms with Crippen molar-refractivity contribution in [2.45, 2.75) is 25.8 Å². The molecule has 160 valence electrons. The standard InChI is InChI=1S/C21H21N5O5/c1-3-8-31-20(30)13-4-5-14-12(11(13)2)6-7-15(14)24-18(27)17-9-16(19(28)29)25-21-22-10-23-26(17)21/h3-5,9,15,23H,1,6-8,10H2,2H3,(H,24,27)(H,28,29)/t15-/m0/s1. The van der Waals surface area contributed by atoms with Gasteiger partial charge in [0.25, 0.3) is 5.91 Å². The molecule has 2 heterocycles. The number of rotatable bonds is 6. The number of carbonyl (C=O) groups is 3. The summed E-state index contributed by atoms with van der Waals surface area (Å²) in [6, 6.07) is 3.26. The van der Waals surface area contributed by atoms with Crippen LogP contribution in [0, 0.1) is 6.92 Å². The highest BCUT2D eigenvalue weighted by atomic mass is 16.5. The van der Waals surface area contributed by atoms with Crippen LogP contribution in [0.4, 0.5) is 0 Å². The number of guanidine groups is 1. The number of amides is 1. The predicted octanol–water partition coefficient (Wildman–Crippen LogP) is 0.998. The van der Waals surface area contributed by atoms with Gasteiger partial charge in [0.1, 0.15) is 19.0 Å². The number of carbonyl (C=O) groups excluding carboxylic acids is 2. The average Bonchev–Trinajstić information content (AvgIpc) is 3.39. The zero-order chi connectivity index (χ0) is 22.1. The lowest BCUT2D eigenvalue weighted by molar-refractivity contribution is -0.129. The van der Waals surface area contributed by atoms with Gasteiger partial charge in [-0.25, -0.2) is 30.0 Å². The molecule has 0 spiro atoms. The van der Waals surface area contributed by atoms with Crippen molar-refractivity contribution in [1.82, 2.24) is 15.8 Å². The summed E-state index contributed by atoms with van der Waals surface area (Å²) in [6.07, 6.45) is 4.09. The van der Waals surface area contributed by atoms with Crippen molar-refractivity contribution in [3.05, 3.63) is 58.8 Å². The first-order valence-electron chi connectivity index (χ1n) is 9.73. The highest BCUT2D eigenvalue weighted by Crippen LogP contribution is 2.35. The molecule has 1 aromatic carbocycles. The molecule has 2 aliphatic heterocycles. The molecule has 3 N–H and O–H groups in total. The largest absolute Gasteiger partial charge is 0.477 e. The molecule has 10 heteroatoms. The molecule has 10 nitrogen and oxygen atoms in total. The van der Waals surface area contributed by atoms with E-state index in [1.807, 2.05) is 13.0 Å². The monoisotopic (exact) mass is 423 g/mol. The molecule has 1 amide bonds. The highest BCUT2D eigenvalue weighted by Gasteiger charge is 2.34. The molecular formula is C21H21N5O5. The van der Waals surface area contributed by atoms with E-state index >= 15 is 0 Å². The van der Waals surface area contributed by atoms with Gasteiger partial charge in [0, 0.05) is 6.08 Å². The lowest BCUT2D eigenvalue weighted by Crippen LogP contribution is -2.45. The number of hydrogen-bond acceptors (Lipinski definition) is 8. The Morgan fingerprint density at radius 3 is 2.97 bits per heavy atom. The van der Waals surface area contributed by atoms with E-state index < -0.39 is 17.8 Å². The van der Waals surface area contributed by atoms with Gasteiger partial charge in [0.05, 0.1) is 11.6 Å². The second-order valence-electron chi connectivity index (χ2n) is 7.20. The van der Waals surface area contributed by atoms with Gasteiger partial charge in [-0.05, 0) is 42.5 Å². The summed E-state index contributed by atoms with van der Waals surface area (Å²) in [7, 11) is 0. The van der Waals surface area contributed by atoms with Crippen molar-refractivity contribution < 1.29 is 24.2 Å². The summed E-state index contributed by atoms with van der Waals surface area (Å²) in [5, 5.41) is 13.6. The summed E-state index contributed by atoms with van der Waals surface area (Å²) in [6.45, 7) is 5.74. The van der Waals surface area contributed by atoms with Gasteiger partial charge >= 0.3 is 11.9 Å². The van der Waals surface area contributed by atoms with E-state index in [1.165, 1.54) is 17.2 Å². The van der Waals surface area contributed by atoms with E-state index in [0.717, 1.165) is 16.7 Å². The molecule has 0 unspecified atom stereocenters. The number of nitrogens with one attached hydrogen (secondary N) is 2. The first-order chi connectivity index (χ1) is 14.9. The van der Waals surface area contributed by atoms with Crippen LogP contribution in [-0.4, -0.2) is 52.9 Å². The number of nitrogens with zero attached hydrogens (tertiary/aromatic N) is 3. The van der Waals surface area contributed by atoms with Crippen LogP contribution in [0.3, 0.4) is 0 Å². The van der Waals surface area contributed by atoms with Crippen LogP contribution in [-0.2, 0) is 20.7 Å². The molecule has 0 bridgehead atoms. The van der Waals surface area contributed by atoms with Crippen LogP contribution in [0.2, 0.25) is 0 Å². The van der Waals surface area contributed by atoms with Crippen molar-refractivity contribution in [2.75, 3.05) is 13.3 Å². The van der Waals surface area contributed by atoms with Gasteiger partial charge in [-0.2, -0.15) is 0 Å². The maximum absolute atomic E-state index is 13.0. The number of aliphatic carboxylic acids is 1. The van der Waals surface area contributed by atoms with Crippen molar-refractivity contribution >= 4 is 29.5 Å². The van der Waals surface area contributed by atoms with Crippen LogP contribution < -0.4 is 10.7 Å². The molecule has 0 saturated carbocycles. The molecule has 1 aliphatic carbocycles. The van der Waals surface area contributed by atoms with Crippen LogP contribution in [0.1, 0.15) is 39.5 Å². The normalized spacial score (nSPS) is 18.9. The zero-order valence-corrected chi connectivity index (χ0v) is 16.8. The van der Waals surface area contributed by atoms with Crippen LogP contribution in [0.25, 0.3) is 0 Å². The van der Waals surface area contributed by atoms with Crippen LogP contribution in [0.5, 0.6) is 0 Å². The van der Waals surface area contributed by atoms with Crippen molar-refractivity contribution in [3.63, 3.8) is 0 Å². The summed E-state index contributed by atoms with van der Waals surface area (Å²) >= 11 is 0. The Kier molecular flexibility index (Phi) is 5.38. The van der Waals surface area contributed by atoms with Gasteiger partial charge in [0.15, 0.2) is 5.71 Å². The van der Waals surface area contributed by atoms with E-state index in [0.29, 0.717) is 18.4 Å². The van der Waals surface area contributed by atoms with E-state index in [4.69, 9.17) is 4.74 Å². The van der Waals surface area contributed by atoms with Gasteiger partial charge in [-0.3, -0.25) is 4.79 Å². The molecule has 0 fully saturated rings. The Labute approximate surface area is 178 Å². The van der Waals surface area contributed by atoms with Crippen LogP contribution >= 0.6 is 0 Å². The van der Waals surface area contributed by atoms with Gasteiger partial charge in [-0.15, -0.1) is 0 Å². The lowest BCUT2D eigenvalue weighted by atomic mass is 9.98. The molecule has 1 atom stereocenters. The molecule has 0 saturated heterocycles. The first-order valence-corrected chi connectivity index (χ1v) is 9.73. The number of esters is 1. The summed E-state index contributed by atoms with van der Waals surface area (Å²) in [5.74, 6) is -1.96. The quantitative estimate of drug-likeness (QED) is 0.459. The average molecular weight is 423 g/mol. The number of hydrogen-bond donors (Lipinski definition) is 3. The first kappa shape index (κ1) is 20.5. The fourth-order valence-electron chi connectivity index (χ4n) is 3.90. The number of carboxylic acid groups (broad SMARTS) is 1. The fraction of sp³-hybridized carbons (Fsp3) is 0.286. The zero-order valence-electron chi connectivity index (χ0n) is 16.8. The number of carboxylic acids is 1. The van der Waals surface area contributed by atoms with E-state index in [1.54, 1.807) is 6.07 Å². The molecular weight excluding hydrogens is 402 g/mol. The van der Waals surface area contributed by atoms with E-state index in [2.05, 4.69) is 27.3 Å². The topological polar surface area (TPSA) is 133 Å². The molecule has 1 aromatic rings. The van der Waals surface area contributed by atoms with Gasteiger partial charge in [-0.1, -0.05) is 18.7 Å². The molecule has 31 heavy (non-hydrogen) atoms. The molecule has 0 radical (unpaired) electrons. The number of fused-ring (bicyclic) bond motifs is 2. The number of ether oxygens (including phenoxy) is 1. The SMILES string of the molecule is C=CCOC(=O)c1ccc2c(c1C)CC[C@@H]2NC(=O)C1=CC(C(=O)O)=NC2=NCNN12. The Bertz CT molecular complexity index is 1090. The van der Waals surface area contributed by atoms with Crippen LogP contribution in [0.15, 0.2) is 46.5 Å². The third-order valence-electron chi connectivity index (χ3n) is 5.39. The van der Waals surface area contributed by atoms with Crippen molar-refractivity contribution in [1.29, 1.82) is 0 Å². The fourth-order valence-corrected chi connectivity index (χ4v) is 3.90. The van der Waals surface area contributed by atoms with Gasteiger partial charge in [0.2, 0.25) is 5.96 Å². The Morgan fingerprint density at radius 1 is 1.42 bits per heavy atom. The minimum atomic E-state index is -1.24. The number of aliphatic imine (C=N–C) groups is 2. The third-order valence-corrected chi connectivity index (χ3v) is 5.39. The number of benzene rings is 1. The molecule has 4 rings (SSSR count). The summed E-state index contributed by atoms with van der Waals surface area (Å²) in [4.78, 5) is 44.6. The summed E-state index contributed by atoms with van der Waals surface area (Å²) in [5.41, 5.74) is 5.99.